The fourth-order valence-electron chi connectivity index (χ4n) is 0.351. The lowest BCUT2D eigenvalue weighted by molar-refractivity contribution is 0.798. The van der Waals surface area contributed by atoms with Crippen molar-refractivity contribution >= 4 is 21.6 Å². The van der Waals surface area contributed by atoms with Crippen molar-refractivity contribution in [3.63, 3.8) is 0 Å². The van der Waals surface area contributed by atoms with E-state index in [0.717, 1.165) is 10.8 Å². The summed E-state index contributed by atoms with van der Waals surface area (Å²) >= 11 is 0. The Bertz CT molecular complexity index is 161. The van der Waals surface area contributed by atoms with Crippen LogP contribution in [0.1, 0.15) is 0 Å². The molecule has 1 heterocycles. The Balaban J connectivity index is 2.79. The standard InChI is InChI=1S/C3H2N2O2S2/c6-4-3(5-7)1-2-8-9-3/h1-2H. The third-order valence-electron chi connectivity index (χ3n) is 0.773. The Labute approximate surface area is 58.8 Å². The molecule has 0 aliphatic carbocycles. The van der Waals surface area contributed by atoms with Crippen LogP contribution < -0.4 is 0 Å². The van der Waals surface area contributed by atoms with Gasteiger partial charge in [0.05, 0.1) is 0 Å². The third-order valence-corrected chi connectivity index (χ3v) is 3.00. The van der Waals surface area contributed by atoms with Crippen molar-refractivity contribution < 1.29 is 0 Å². The monoisotopic (exact) mass is 162 g/mol. The first-order valence-electron chi connectivity index (χ1n) is 2.04. The molecule has 0 fully saturated rings. The maximum Gasteiger partial charge on any atom is 0.306 e. The first-order chi connectivity index (χ1) is 4.33. The predicted molar refractivity (Wildman–Crippen MR) is 38.6 cm³/mol. The maximum atomic E-state index is 9.93. The van der Waals surface area contributed by atoms with Crippen molar-refractivity contribution in [3.05, 3.63) is 21.3 Å². The Morgan fingerprint density at radius 2 is 2.00 bits per heavy atom. The molecule has 0 bridgehead atoms. The first-order valence-corrected chi connectivity index (χ1v) is 4.25. The number of hydrogen-bond donors (Lipinski definition) is 0. The molecule has 6 heteroatoms. The van der Waals surface area contributed by atoms with E-state index in [4.69, 9.17) is 0 Å². The quantitative estimate of drug-likeness (QED) is 0.460. The Morgan fingerprint density at radius 3 is 2.22 bits per heavy atom. The Kier molecular flexibility index (Phi) is 1.87. The second-order valence-corrected chi connectivity index (χ2v) is 3.63. The zero-order valence-corrected chi connectivity index (χ0v) is 5.82. The van der Waals surface area contributed by atoms with E-state index in [1.165, 1.54) is 16.9 Å². The van der Waals surface area contributed by atoms with Crippen LogP contribution in [0.5, 0.6) is 0 Å². The van der Waals surface area contributed by atoms with Crippen LogP contribution in [-0.2, 0) is 0 Å². The smallest absolute Gasteiger partial charge is 0.147 e. The summed E-state index contributed by atoms with van der Waals surface area (Å²) in [5.41, 5.74) is 0. The maximum absolute atomic E-state index is 9.93. The molecule has 1 aliphatic rings. The lowest BCUT2D eigenvalue weighted by atomic mass is 10.5. The molecular formula is C3H2N2O2S2. The van der Waals surface area contributed by atoms with Gasteiger partial charge in [0.25, 0.3) is 0 Å². The normalized spacial score (nSPS) is 21.8. The largest absolute Gasteiger partial charge is 0.306 e. The number of rotatable bonds is 2. The van der Waals surface area contributed by atoms with Gasteiger partial charge in [-0.3, -0.25) is 0 Å². The van der Waals surface area contributed by atoms with E-state index < -0.39 is 4.99 Å². The minimum absolute atomic E-state index is 1.04. The van der Waals surface area contributed by atoms with Crippen molar-refractivity contribution in [2.75, 3.05) is 0 Å². The minimum atomic E-state index is -1.38. The second kappa shape index (κ2) is 2.49. The Morgan fingerprint density at radius 1 is 1.33 bits per heavy atom. The predicted octanol–water partition coefficient (Wildman–Crippen LogP) is 2.08. The van der Waals surface area contributed by atoms with Crippen LogP contribution in [0.3, 0.4) is 0 Å². The number of nitrogens with zero attached hydrogens (tertiary/aromatic N) is 2. The minimum Gasteiger partial charge on any atom is -0.147 e. The molecule has 0 radical (unpaired) electrons. The zero-order valence-electron chi connectivity index (χ0n) is 4.18. The summed E-state index contributed by atoms with van der Waals surface area (Å²) in [5.74, 6) is 0. The van der Waals surface area contributed by atoms with Gasteiger partial charge in [0.15, 0.2) is 0 Å². The molecule has 1 aliphatic heterocycles. The van der Waals surface area contributed by atoms with Crippen molar-refractivity contribution in [3.8, 4) is 0 Å². The van der Waals surface area contributed by atoms with Gasteiger partial charge in [-0.15, -0.1) is 9.81 Å². The lowest BCUT2D eigenvalue weighted by Crippen LogP contribution is -2.08. The molecule has 0 unspecified atom stereocenters. The Hall–Kier alpha value is -0.360. The fourth-order valence-corrected chi connectivity index (χ4v) is 2.17. The van der Waals surface area contributed by atoms with Crippen molar-refractivity contribution in [1.29, 1.82) is 0 Å². The van der Waals surface area contributed by atoms with Crippen LogP contribution in [-0.4, -0.2) is 4.99 Å². The molecule has 0 amide bonds. The first kappa shape index (κ1) is 6.76. The van der Waals surface area contributed by atoms with E-state index in [2.05, 4.69) is 10.4 Å². The molecule has 0 saturated heterocycles. The average molecular weight is 162 g/mol. The van der Waals surface area contributed by atoms with E-state index in [0.29, 0.717) is 0 Å². The second-order valence-electron chi connectivity index (χ2n) is 1.32. The van der Waals surface area contributed by atoms with Gasteiger partial charge < -0.3 is 0 Å². The third kappa shape index (κ3) is 1.13. The summed E-state index contributed by atoms with van der Waals surface area (Å²) in [4.78, 5) is 18.5. The lowest BCUT2D eigenvalue weighted by Gasteiger charge is -2.02. The summed E-state index contributed by atoms with van der Waals surface area (Å²) in [5, 5.41) is 6.75. The van der Waals surface area contributed by atoms with E-state index >= 15 is 0 Å². The molecule has 0 aromatic heterocycles. The van der Waals surface area contributed by atoms with Gasteiger partial charge >= 0.3 is 4.99 Å². The molecule has 0 aromatic carbocycles. The molecule has 48 valence electrons. The van der Waals surface area contributed by atoms with Gasteiger partial charge in [0, 0.05) is 0 Å². The summed E-state index contributed by atoms with van der Waals surface area (Å²) in [6.45, 7) is 0. The molecule has 0 spiro atoms. The fraction of sp³-hybridized carbons (Fsp3) is 0.333. The van der Waals surface area contributed by atoms with Crippen LogP contribution in [0.2, 0.25) is 0 Å². The van der Waals surface area contributed by atoms with E-state index in [-0.39, 0.29) is 0 Å². The molecule has 0 saturated carbocycles. The SMILES string of the molecule is O=NC1(N=O)C=CSS1. The van der Waals surface area contributed by atoms with Crippen LogP contribution in [0.25, 0.3) is 0 Å². The van der Waals surface area contributed by atoms with Crippen molar-refractivity contribution in [2.24, 2.45) is 10.4 Å². The molecule has 1 rings (SSSR count). The number of hydrogen-bond acceptors (Lipinski definition) is 6. The van der Waals surface area contributed by atoms with Crippen molar-refractivity contribution in [2.45, 2.75) is 4.99 Å². The molecular weight excluding hydrogens is 160 g/mol. The van der Waals surface area contributed by atoms with E-state index in [1.807, 2.05) is 0 Å². The average Bonchev–Trinajstić information content (AvgIpc) is 2.36. The highest BCUT2D eigenvalue weighted by Crippen LogP contribution is 2.45. The highest BCUT2D eigenvalue weighted by atomic mass is 33.1. The molecule has 4 nitrogen and oxygen atoms in total. The van der Waals surface area contributed by atoms with E-state index in [1.54, 1.807) is 5.41 Å². The van der Waals surface area contributed by atoms with Crippen LogP contribution in [0.15, 0.2) is 21.8 Å². The van der Waals surface area contributed by atoms with Gasteiger partial charge in [-0.05, 0) is 32.6 Å². The summed E-state index contributed by atoms with van der Waals surface area (Å²) in [6, 6.07) is 0. The summed E-state index contributed by atoms with van der Waals surface area (Å²) in [7, 11) is 2.32. The molecule has 0 aromatic rings. The van der Waals surface area contributed by atoms with E-state index in [9.17, 15) is 9.81 Å². The van der Waals surface area contributed by atoms with Gasteiger partial charge in [0.2, 0.25) is 0 Å². The van der Waals surface area contributed by atoms with Crippen LogP contribution >= 0.6 is 21.6 Å². The van der Waals surface area contributed by atoms with Crippen LogP contribution in [0.4, 0.5) is 0 Å². The van der Waals surface area contributed by atoms with Gasteiger partial charge in [-0.1, -0.05) is 10.8 Å². The molecule has 9 heavy (non-hydrogen) atoms. The summed E-state index contributed by atoms with van der Waals surface area (Å²) in [6.07, 6.45) is 1.38. The topological polar surface area (TPSA) is 58.9 Å². The van der Waals surface area contributed by atoms with Gasteiger partial charge in [0.1, 0.15) is 0 Å². The number of nitroso groups, excluding NO2 is 2. The van der Waals surface area contributed by atoms with Crippen LogP contribution in [0, 0.1) is 9.81 Å². The molecule has 0 N–H and O–H groups in total. The highest BCUT2D eigenvalue weighted by Gasteiger charge is 2.34. The highest BCUT2D eigenvalue weighted by molar-refractivity contribution is 8.78. The zero-order chi connectivity index (χ0) is 6.74. The summed E-state index contributed by atoms with van der Waals surface area (Å²) < 4.78 is 0. The van der Waals surface area contributed by atoms with Crippen molar-refractivity contribution in [1.82, 2.24) is 0 Å². The van der Waals surface area contributed by atoms with Gasteiger partial charge in [-0.2, -0.15) is 0 Å². The van der Waals surface area contributed by atoms with Gasteiger partial charge in [-0.25, -0.2) is 0 Å². The molecule has 0 atom stereocenters.